The van der Waals surface area contributed by atoms with Gasteiger partial charge < -0.3 is 14.7 Å². The van der Waals surface area contributed by atoms with Gasteiger partial charge in [-0.05, 0) is 32.0 Å². The number of thiazole rings is 1. The maximum absolute atomic E-state index is 12.2. The molecular weight excluding hydrogens is 288 g/mol. The standard InChI is InChI=1S/C15H16N2O3S/c1-9-15(19)17(5-6-18)13-7-11(3-4-14(13)20-9)12-8-21-10(2)16-12/h3-4,7-9,18H,5-6H2,1-2H3. The van der Waals surface area contributed by atoms with Crippen LogP contribution in [-0.4, -0.2) is 35.3 Å². The number of fused-ring (bicyclic) bond motifs is 1. The van der Waals surface area contributed by atoms with Gasteiger partial charge in [0.15, 0.2) is 6.10 Å². The first kappa shape index (κ1) is 14.0. The largest absolute Gasteiger partial charge is 0.479 e. The number of rotatable bonds is 3. The number of carbonyl (C=O) groups excluding carboxylic acids is 1. The first-order valence-corrected chi connectivity index (χ1v) is 7.63. The lowest BCUT2D eigenvalue weighted by Crippen LogP contribution is -2.45. The van der Waals surface area contributed by atoms with E-state index in [0.29, 0.717) is 11.4 Å². The third-order valence-electron chi connectivity index (χ3n) is 3.41. The Morgan fingerprint density at radius 2 is 2.29 bits per heavy atom. The second-order valence-electron chi connectivity index (χ2n) is 4.91. The second-order valence-corrected chi connectivity index (χ2v) is 5.97. The van der Waals surface area contributed by atoms with E-state index in [1.54, 1.807) is 23.2 Å². The molecule has 2 aromatic rings. The first-order chi connectivity index (χ1) is 10.1. The maximum atomic E-state index is 12.2. The van der Waals surface area contributed by atoms with E-state index in [1.165, 1.54) is 0 Å². The molecule has 0 saturated carbocycles. The number of β-amino-alcohol motifs (C(OH)–C–C–N with tert-alkyl or cyclic N) is 1. The number of aliphatic hydroxyl groups is 1. The summed E-state index contributed by atoms with van der Waals surface area (Å²) in [4.78, 5) is 18.2. The highest BCUT2D eigenvalue weighted by molar-refractivity contribution is 7.09. The number of amides is 1. The lowest BCUT2D eigenvalue weighted by molar-refractivity contribution is -0.125. The highest BCUT2D eigenvalue weighted by Gasteiger charge is 2.31. The first-order valence-electron chi connectivity index (χ1n) is 6.75. The van der Waals surface area contributed by atoms with Crippen LogP contribution < -0.4 is 9.64 Å². The Labute approximate surface area is 126 Å². The van der Waals surface area contributed by atoms with E-state index in [9.17, 15) is 9.90 Å². The van der Waals surface area contributed by atoms with Crippen LogP contribution in [0.5, 0.6) is 5.75 Å². The van der Waals surface area contributed by atoms with Crippen LogP contribution in [0.25, 0.3) is 11.3 Å². The number of benzene rings is 1. The summed E-state index contributed by atoms with van der Waals surface area (Å²) >= 11 is 1.59. The molecule has 1 aromatic heterocycles. The number of anilines is 1. The van der Waals surface area contributed by atoms with Gasteiger partial charge in [-0.1, -0.05) is 0 Å². The van der Waals surface area contributed by atoms with Gasteiger partial charge in [0, 0.05) is 17.5 Å². The predicted molar refractivity (Wildman–Crippen MR) is 81.8 cm³/mol. The Balaban J connectivity index is 2.05. The molecule has 1 unspecified atom stereocenters. The normalized spacial score (nSPS) is 17.6. The van der Waals surface area contributed by atoms with Crippen LogP contribution in [-0.2, 0) is 4.79 Å². The molecule has 1 atom stereocenters. The molecule has 1 aromatic carbocycles. The van der Waals surface area contributed by atoms with Crippen molar-refractivity contribution in [2.45, 2.75) is 20.0 Å². The Bertz CT molecular complexity index is 683. The molecule has 1 aliphatic rings. The van der Waals surface area contributed by atoms with Crippen LogP contribution >= 0.6 is 11.3 Å². The van der Waals surface area contributed by atoms with Crippen molar-refractivity contribution in [1.82, 2.24) is 4.98 Å². The molecule has 0 bridgehead atoms. The number of aliphatic hydroxyl groups excluding tert-OH is 1. The van der Waals surface area contributed by atoms with E-state index in [-0.39, 0.29) is 19.1 Å². The molecule has 0 saturated heterocycles. The van der Waals surface area contributed by atoms with E-state index < -0.39 is 6.10 Å². The highest BCUT2D eigenvalue weighted by atomic mass is 32.1. The summed E-state index contributed by atoms with van der Waals surface area (Å²) in [5.41, 5.74) is 2.51. The number of aromatic nitrogens is 1. The average molecular weight is 304 g/mol. The zero-order valence-corrected chi connectivity index (χ0v) is 12.7. The van der Waals surface area contributed by atoms with Crippen LogP contribution in [0.4, 0.5) is 5.69 Å². The summed E-state index contributed by atoms with van der Waals surface area (Å²) in [7, 11) is 0. The number of aryl methyl sites for hydroxylation is 1. The number of ether oxygens (including phenoxy) is 1. The molecule has 1 amide bonds. The maximum Gasteiger partial charge on any atom is 0.267 e. The molecule has 1 N–H and O–H groups in total. The third kappa shape index (κ3) is 2.52. The molecule has 1 aliphatic heterocycles. The van der Waals surface area contributed by atoms with E-state index in [2.05, 4.69) is 4.98 Å². The summed E-state index contributed by atoms with van der Waals surface area (Å²) in [6, 6.07) is 5.68. The number of hydrogen-bond donors (Lipinski definition) is 1. The Morgan fingerprint density at radius 3 is 2.95 bits per heavy atom. The molecule has 0 fully saturated rings. The average Bonchev–Trinajstić information content (AvgIpc) is 2.90. The molecule has 0 spiro atoms. The zero-order valence-electron chi connectivity index (χ0n) is 11.9. The van der Waals surface area contributed by atoms with Crippen molar-refractivity contribution in [3.63, 3.8) is 0 Å². The molecular formula is C15H16N2O3S. The van der Waals surface area contributed by atoms with Gasteiger partial charge in [0.1, 0.15) is 5.75 Å². The molecule has 21 heavy (non-hydrogen) atoms. The van der Waals surface area contributed by atoms with Crippen molar-refractivity contribution in [2.24, 2.45) is 0 Å². The summed E-state index contributed by atoms with van der Waals surface area (Å²) < 4.78 is 5.63. The summed E-state index contributed by atoms with van der Waals surface area (Å²) in [6.07, 6.45) is -0.531. The molecule has 110 valence electrons. The second kappa shape index (κ2) is 5.46. The Morgan fingerprint density at radius 1 is 1.48 bits per heavy atom. The van der Waals surface area contributed by atoms with Crippen LogP contribution in [0.15, 0.2) is 23.6 Å². The summed E-state index contributed by atoms with van der Waals surface area (Å²) in [6.45, 7) is 3.85. The van der Waals surface area contributed by atoms with Gasteiger partial charge in [-0.3, -0.25) is 4.79 Å². The van der Waals surface area contributed by atoms with Crippen LogP contribution in [0, 0.1) is 6.92 Å². The fraction of sp³-hybridized carbons (Fsp3) is 0.333. The molecule has 0 radical (unpaired) electrons. The molecule has 6 heteroatoms. The van der Waals surface area contributed by atoms with E-state index in [4.69, 9.17) is 4.74 Å². The number of nitrogens with zero attached hydrogens (tertiary/aromatic N) is 2. The predicted octanol–water partition coefficient (Wildman–Crippen LogP) is 2.22. The van der Waals surface area contributed by atoms with Gasteiger partial charge in [-0.2, -0.15) is 0 Å². The van der Waals surface area contributed by atoms with Crippen LogP contribution in [0.2, 0.25) is 0 Å². The Hall–Kier alpha value is -1.92. The Kier molecular flexibility index (Phi) is 3.65. The van der Waals surface area contributed by atoms with E-state index >= 15 is 0 Å². The SMILES string of the molecule is Cc1nc(-c2ccc3c(c2)N(CCO)C(=O)C(C)O3)cs1. The van der Waals surface area contributed by atoms with Gasteiger partial charge in [-0.15, -0.1) is 11.3 Å². The number of carbonyl (C=O) groups is 1. The van der Waals surface area contributed by atoms with Crippen LogP contribution in [0.1, 0.15) is 11.9 Å². The molecule has 3 rings (SSSR count). The van der Waals surface area contributed by atoms with Crippen molar-refractivity contribution >= 4 is 22.9 Å². The van der Waals surface area contributed by atoms with Gasteiger partial charge in [-0.25, -0.2) is 4.98 Å². The van der Waals surface area contributed by atoms with Gasteiger partial charge in [0.25, 0.3) is 5.91 Å². The smallest absolute Gasteiger partial charge is 0.267 e. The third-order valence-corrected chi connectivity index (χ3v) is 4.18. The zero-order chi connectivity index (χ0) is 15.0. The minimum Gasteiger partial charge on any atom is -0.479 e. The number of hydrogen-bond acceptors (Lipinski definition) is 5. The molecule has 0 aliphatic carbocycles. The monoisotopic (exact) mass is 304 g/mol. The van der Waals surface area contributed by atoms with Gasteiger partial charge >= 0.3 is 0 Å². The van der Waals surface area contributed by atoms with Crippen molar-refractivity contribution in [3.05, 3.63) is 28.6 Å². The minimum atomic E-state index is -0.531. The molecule has 2 heterocycles. The van der Waals surface area contributed by atoms with Crippen molar-refractivity contribution in [3.8, 4) is 17.0 Å². The topological polar surface area (TPSA) is 62.7 Å². The fourth-order valence-corrected chi connectivity index (χ4v) is 3.02. The van der Waals surface area contributed by atoms with Gasteiger partial charge in [0.2, 0.25) is 0 Å². The quantitative estimate of drug-likeness (QED) is 0.944. The van der Waals surface area contributed by atoms with Crippen molar-refractivity contribution in [2.75, 3.05) is 18.1 Å². The minimum absolute atomic E-state index is 0.0854. The lowest BCUT2D eigenvalue weighted by Gasteiger charge is -2.32. The lowest BCUT2D eigenvalue weighted by atomic mass is 10.1. The fourth-order valence-electron chi connectivity index (χ4n) is 2.39. The summed E-state index contributed by atoms with van der Waals surface area (Å²) in [5, 5.41) is 12.2. The van der Waals surface area contributed by atoms with Crippen molar-refractivity contribution in [1.29, 1.82) is 0 Å². The van der Waals surface area contributed by atoms with E-state index in [1.807, 2.05) is 30.5 Å². The van der Waals surface area contributed by atoms with Gasteiger partial charge in [0.05, 0.1) is 23.0 Å². The van der Waals surface area contributed by atoms with Crippen LogP contribution in [0.3, 0.4) is 0 Å². The molecule has 5 nitrogen and oxygen atoms in total. The summed E-state index contributed by atoms with van der Waals surface area (Å²) in [5.74, 6) is 0.523. The highest BCUT2D eigenvalue weighted by Crippen LogP contribution is 2.37. The van der Waals surface area contributed by atoms with E-state index in [0.717, 1.165) is 16.3 Å². The van der Waals surface area contributed by atoms with Crippen molar-refractivity contribution < 1.29 is 14.6 Å².